The van der Waals surface area contributed by atoms with Crippen molar-refractivity contribution in [3.05, 3.63) is 90.0 Å². The lowest BCUT2D eigenvalue weighted by molar-refractivity contribution is 0.0955. The number of anilines is 1. The zero-order chi connectivity index (χ0) is 21.6. The van der Waals surface area contributed by atoms with Gasteiger partial charge in [-0.05, 0) is 54.1 Å². The van der Waals surface area contributed by atoms with Crippen molar-refractivity contribution in [1.29, 1.82) is 0 Å². The third-order valence-electron chi connectivity index (χ3n) is 4.37. The highest BCUT2D eigenvalue weighted by Crippen LogP contribution is 2.22. The Morgan fingerprint density at radius 3 is 2.37 bits per heavy atom. The van der Waals surface area contributed by atoms with Gasteiger partial charge in [-0.2, -0.15) is 5.10 Å². The maximum Gasteiger partial charge on any atom is 0.271 e. The maximum absolute atomic E-state index is 12.7. The Bertz CT molecular complexity index is 1140. The van der Waals surface area contributed by atoms with Crippen LogP contribution in [0.5, 0.6) is 5.75 Å². The molecule has 0 aromatic heterocycles. The molecule has 0 unspecified atom stereocenters. The summed E-state index contributed by atoms with van der Waals surface area (Å²) < 4.78 is 31.7. The highest BCUT2D eigenvalue weighted by Gasteiger charge is 2.21. The van der Waals surface area contributed by atoms with Gasteiger partial charge < -0.3 is 4.74 Å². The number of carbonyl (C=O) groups excluding carboxylic acids is 1. The number of ether oxygens (including phenoxy) is 1. The average Bonchev–Trinajstić information content (AvgIpc) is 2.79. The van der Waals surface area contributed by atoms with Gasteiger partial charge in [-0.1, -0.05) is 30.3 Å². The lowest BCUT2D eigenvalue weighted by Crippen LogP contribution is -2.26. The highest BCUT2D eigenvalue weighted by atomic mass is 32.2. The van der Waals surface area contributed by atoms with E-state index in [4.69, 9.17) is 4.74 Å². The molecule has 8 heteroatoms. The van der Waals surface area contributed by atoms with E-state index >= 15 is 0 Å². The second kappa shape index (κ2) is 9.23. The monoisotopic (exact) mass is 423 g/mol. The Morgan fingerprint density at radius 1 is 1.00 bits per heavy atom. The van der Waals surface area contributed by atoms with Crippen molar-refractivity contribution in [2.75, 3.05) is 18.5 Å². The molecule has 0 aliphatic rings. The van der Waals surface area contributed by atoms with Gasteiger partial charge in [0.05, 0.1) is 23.9 Å². The van der Waals surface area contributed by atoms with Crippen LogP contribution in [0, 0.1) is 0 Å². The summed E-state index contributed by atoms with van der Waals surface area (Å²) in [5, 5.41) is 3.94. The molecule has 0 spiro atoms. The van der Waals surface area contributed by atoms with E-state index in [-0.39, 0.29) is 4.90 Å². The Balaban J connectivity index is 1.67. The SMILES string of the molecule is COc1cccc(/C=N/NC(=O)c2ccc(N(C)S(=O)(=O)c3ccccc3)cc2)c1. The Hall–Kier alpha value is -3.65. The Labute approximate surface area is 175 Å². The molecule has 30 heavy (non-hydrogen) atoms. The van der Waals surface area contributed by atoms with Gasteiger partial charge in [0.2, 0.25) is 0 Å². The van der Waals surface area contributed by atoms with Crippen molar-refractivity contribution in [3.8, 4) is 5.75 Å². The van der Waals surface area contributed by atoms with Gasteiger partial charge in [-0.15, -0.1) is 0 Å². The summed E-state index contributed by atoms with van der Waals surface area (Å²) in [6.07, 6.45) is 1.51. The second-order valence-corrected chi connectivity index (χ2v) is 8.28. The van der Waals surface area contributed by atoms with Gasteiger partial charge in [0.25, 0.3) is 15.9 Å². The second-order valence-electron chi connectivity index (χ2n) is 6.31. The molecule has 0 atom stereocenters. The Morgan fingerprint density at radius 2 is 1.70 bits per heavy atom. The molecule has 3 aromatic rings. The van der Waals surface area contributed by atoms with Crippen LogP contribution in [0.15, 0.2) is 88.9 Å². The lowest BCUT2D eigenvalue weighted by atomic mass is 10.2. The van der Waals surface area contributed by atoms with Crippen LogP contribution < -0.4 is 14.5 Å². The molecule has 154 valence electrons. The number of hydrogen-bond acceptors (Lipinski definition) is 5. The standard InChI is InChI=1S/C22H21N3O4S/c1-25(30(27,28)21-9-4-3-5-10-21)19-13-11-18(12-14-19)22(26)24-23-16-17-7-6-8-20(15-17)29-2/h3-16H,1-2H3,(H,24,26)/b23-16+. The summed E-state index contributed by atoms with van der Waals surface area (Å²) in [7, 11) is -0.635. The molecule has 3 rings (SSSR count). The van der Waals surface area contributed by atoms with E-state index in [1.165, 1.54) is 29.7 Å². The third kappa shape index (κ3) is 4.84. The van der Waals surface area contributed by atoms with Crippen LogP contribution in [0.3, 0.4) is 0 Å². The molecule has 0 heterocycles. The number of methoxy groups -OCH3 is 1. The van der Waals surface area contributed by atoms with Crippen LogP contribution in [0.1, 0.15) is 15.9 Å². The first kappa shape index (κ1) is 21.1. The van der Waals surface area contributed by atoms with Gasteiger partial charge in [0.1, 0.15) is 5.75 Å². The van der Waals surface area contributed by atoms with Crippen molar-refractivity contribution in [2.45, 2.75) is 4.90 Å². The Kier molecular flexibility index (Phi) is 6.48. The van der Waals surface area contributed by atoms with E-state index in [0.29, 0.717) is 17.0 Å². The number of hydrogen-bond donors (Lipinski definition) is 1. The normalized spacial score (nSPS) is 11.3. The van der Waals surface area contributed by atoms with Crippen molar-refractivity contribution in [2.24, 2.45) is 5.10 Å². The summed E-state index contributed by atoms with van der Waals surface area (Å²) >= 11 is 0. The number of hydrazone groups is 1. The summed E-state index contributed by atoms with van der Waals surface area (Å²) in [6, 6.07) is 21.6. The average molecular weight is 423 g/mol. The molecule has 1 amide bonds. The van der Waals surface area contributed by atoms with Crippen LogP contribution in [-0.4, -0.2) is 34.7 Å². The number of benzene rings is 3. The van der Waals surface area contributed by atoms with Crippen LogP contribution in [0.4, 0.5) is 5.69 Å². The molecule has 3 aromatic carbocycles. The van der Waals surface area contributed by atoms with Gasteiger partial charge >= 0.3 is 0 Å². The largest absolute Gasteiger partial charge is 0.497 e. The molecule has 0 aliphatic heterocycles. The number of carbonyl (C=O) groups is 1. The molecule has 0 fully saturated rings. The summed E-state index contributed by atoms with van der Waals surface area (Å²) in [5.74, 6) is 0.282. The third-order valence-corrected chi connectivity index (χ3v) is 6.17. The van der Waals surface area contributed by atoms with Crippen molar-refractivity contribution >= 4 is 27.8 Å². The molecule has 0 bridgehead atoms. The number of nitrogens with zero attached hydrogens (tertiary/aromatic N) is 2. The topological polar surface area (TPSA) is 88.1 Å². The zero-order valence-electron chi connectivity index (χ0n) is 16.5. The fourth-order valence-corrected chi connectivity index (χ4v) is 3.88. The van der Waals surface area contributed by atoms with E-state index in [1.54, 1.807) is 55.6 Å². The predicted molar refractivity (Wildman–Crippen MR) is 117 cm³/mol. The van der Waals surface area contributed by atoms with E-state index in [2.05, 4.69) is 10.5 Å². The minimum Gasteiger partial charge on any atom is -0.497 e. The summed E-state index contributed by atoms with van der Waals surface area (Å²) in [5.41, 5.74) is 4.02. The van der Waals surface area contributed by atoms with Gasteiger partial charge in [0, 0.05) is 12.6 Å². The van der Waals surface area contributed by atoms with Crippen LogP contribution in [0.25, 0.3) is 0 Å². The molecule has 0 saturated heterocycles. The van der Waals surface area contributed by atoms with E-state index in [1.807, 2.05) is 18.2 Å². The quantitative estimate of drug-likeness (QED) is 0.467. The van der Waals surface area contributed by atoms with Crippen LogP contribution >= 0.6 is 0 Å². The molecular formula is C22H21N3O4S. The first-order valence-corrected chi connectivity index (χ1v) is 10.5. The number of nitrogens with one attached hydrogen (secondary N) is 1. The molecule has 0 radical (unpaired) electrons. The van der Waals surface area contributed by atoms with Crippen molar-refractivity contribution in [3.63, 3.8) is 0 Å². The molecule has 7 nitrogen and oxygen atoms in total. The number of amides is 1. The van der Waals surface area contributed by atoms with E-state index in [0.717, 1.165) is 5.56 Å². The van der Waals surface area contributed by atoms with E-state index in [9.17, 15) is 13.2 Å². The fourth-order valence-electron chi connectivity index (χ4n) is 2.66. The minimum absolute atomic E-state index is 0.196. The summed E-state index contributed by atoms with van der Waals surface area (Å²) in [6.45, 7) is 0. The van der Waals surface area contributed by atoms with Crippen molar-refractivity contribution in [1.82, 2.24) is 5.43 Å². The van der Waals surface area contributed by atoms with Crippen LogP contribution in [-0.2, 0) is 10.0 Å². The molecular weight excluding hydrogens is 402 g/mol. The minimum atomic E-state index is -3.68. The highest BCUT2D eigenvalue weighted by molar-refractivity contribution is 7.92. The maximum atomic E-state index is 12.7. The van der Waals surface area contributed by atoms with Crippen molar-refractivity contribution < 1.29 is 17.9 Å². The zero-order valence-corrected chi connectivity index (χ0v) is 17.3. The summed E-state index contributed by atoms with van der Waals surface area (Å²) in [4.78, 5) is 12.5. The molecule has 1 N–H and O–H groups in total. The smallest absolute Gasteiger partial charge is 0.271 e. The van der Waals surface area contributed by atoms with Gasteiger partial charge in [-0.25, -0.2) is 13.8 Å². The predicted octanol–water partition coefficient (Wildman–Crippen LogP) is 3.28. The fraction of sp³-hybridized carbons (Fsp3) is 0.0909. The van der Waals surface area contributed by atoms with Gasteiger partial charge in [-0.3, -0.25) is 9.10 Å². The van der Waals surface area contributed by atoms with E-state index < -0.39 is 15.9 Å². The number of rotatable bonds is 7. The first-order valence-electron chi connectivity index (χ1n) is 9.03. The van der Waals surface area contributed by atoms with Crippen LogP contribution in [0.2, 0.25) is 0 Å². The van der Waals surface area contributed by atoms with Gasteiger partial charge in [0.15, 0.2) is 0 Å². The molecule has 0 saturated carbocycles. The lowest BCUT2D eigenvalue weighted by Gasteiger charge is -2.19. The first-order chi connectivity index (χ1) is 14.4. The number of sulfonamides is 1. The molecule has 0 aliphatic carbocycles.